The topological polar surface area (TPSA) is 99.5 Å². The van der Waals surface area contributed by atoms with Gasteiger partial charge in [-0.25, -0.2) is 14.6 Å². The summed E-state index contributed by atoms with van der Waals surface area (Å²) in [5.74, 6) is -4.01. The lowest BCUT2D eigenvalue weighted by atomic mass is 10.0. The van der Waals surface area contributed by atoms with Gasteiger partial charge in [-0.1, -0.05) is 0 Å². The average Bonchev–Trinajstić information content (AvgIpc) is 3.18. The Morgan fingerprint density at radius 1 is 1.00 bits per heavy atom. The highest BCUT2D eigenvalue weighted by atomic mass is 35.5. The number of carboxylic acids is 2. The first-order valence-corrected chi connectivity index (χ1v) is 7.05. The molecule has 0 amide bonds. The maximum Gasteiger partial charge on any atom is 0.365 e. The van der Waals surface area contributed by atoms with Crippen molar-refractivity contribution in [2.45, 2.75) is 29.6 Å². The van der Waals surface area contributed by atoms with Gasteiger partial charge < -0.3 is 15.5 Å². The number of hydrogen-bond donors (Lipinski definition) is 3. The molecule has 1 heterocycles. The van der Waals surface area contributed by atoms with Crippen molar-refractivity contribution in [2.24, 2.45) is 0 Å². The highest BCUT2D eigenvalue weighted by Gasteiger charge is 2.45. The molecule has 1 saturated carbocycles. The van der Waals surface area contributed by atoms with Crippen molar-refractivity contribution in [1.29, 1.82) is 0 Å². The van der Waals surface area contributed by atoms with Crippen LogP contribution in [0.2, 0.25) is 0 Å². The standard InChI is InChI=1S/C12H8Cl2F4N2O4/c13-11(15,16)7-4(9(21)22)6(19-3-1-2-3)5(10(23)24)8(20-7)12(14,17)18/h3H,1-2H2,(H,19,20)(H,21,22)(H,23,24). The van der Waals surface area contributed by atoms with Gasteiger partial charge in [0.2, 0.25) is 0 Å². The van der Waals surface area contributed by atoms with Crippen molar-refractivity contribution in [2.75, 3.05) is 5.32 Å². The zero-order valence-electron chi connectivity index (χ0n) is 11.4. The number of alkyl halides is 6. The maximum absolute atomic E-state index is 13.5. The second-order valence-corrected chi connectivity index (χ2v) is 5.91. The Kier molecular flexibility index (Phi) is 4.57. The van der Waals surface area contributed by atoms with E-state index < -0.39 is 56.9 Å². The maximum atomic E-state index is 13.5. The highest BCUT2D eigenvalue weighted by Crippen LogP contribution is 2.44. The van der Waals surface area contributed by atoms with Crippen molar-refractivity contribution in [3.63, 3.8) is 0 Å². The second-order valence-electron chi connectivity index (χ2n) is 4.96. The lowest BCUT2D eigenvalue weighted by Crippen LogP contribution is -2.26. The zero-order chi connectivity index (χ0) is 18.4. The van der Waals surface area contributed by atoms with Crippen LogP contribution in [0.4, 0.5) is 23.2 Å². The van der Waals surface area contributed by atoms with E-state index in [-0.39, 0.29) is 0 Å². The van der Waals surface area contributed by atoms with Gasteiger partial charge in [0.1, 0.15) is 22.5 Å². The van der Waals surface area contributed by atoms with Crippen LogP contribution >= 0.6 is 23.2 Å². The Hall–Kier alpha value is -1.81. The van der Waals surface area contributed by atoms with Gasteiger partial charge in [0, 0.05) is 6.04 Å². The number of rotatable bonds is 6. The molecule has 0 aliphatic heterocycles. The van der Waals surface area contributed by atoms with Gasteiger partial charge in [-0.15, -0.1) is 0 Å². The molecule has 1 aromatic rings. The molecule has 0 bridgehead atoms. The first-order chi connectivity index (χ1) is 10.8. The Morgan fingerprint density at radius 2 is 1.38 bits per heavy atom. The fourth-order valence-electron chi connectivity index (χ4n) is 1.99. The van der Waals surface area contributed by atoms with Crippen LogP contribution in [-0.2, 0) is 10.8 Å². The summed E-state index contributed by atoms with van der Waals surface area (Å²) < 4.78 is 53.9. The predicted molar refractivity (Wildman–Crippen MR) is 74.3 cm³/mol. The van der Waals surface area contributed by atoms with E-state index in [1.165, 1.54) is 0 Å². The molecular weight excluding hydrogens is 383 g/mol. The molecular formula is C12H8Cl2F4N2O4. The molecule has 0 atom stereocenters. The lowest BCUT2D eigenvalue weighted by Gasteiger charge is -2.21. The molecule has 0 radical (unpaired) electrons. The van der Waals surface area contributed by atoms with Crippen LogP contribution in [0.15, 0.2) is 0 Å². The number of hydrogen-bond acceptors (Lipinski definition) is 4. The molecule has 1 aliphatic rings. The monoisotopic (exact) mass is 390 g/mol. The van der Waals surface area contributed by atoms with Crippen LogP contribution < -0.4 is 5.32 Å². The third kappa shape index (κ3) is 3.64. The summed E-state index contributed by atoms with van der Waals surface area (Å²) >= 11 is 9.53. The highest BCUT2D eigenvalue weighted by molar-refractivity contribution is 6.24. The van der Waals surface area contributed by atoms with Gasteiger partial charge >= 0.3 is 22.7 Å². The summed E-state index contributed by atoms with van der Waals surface area (Å²) in [6, 6.07) is -0.447. The molecule has 1 aromatic heterocycles. The van der Waals surface area contributed by atoms with Gasteiger partial charge in [-0.3, -0.25) is 0 Å². The molecule has 6 nitrogen and oxygen atoms in total. The fraction of sp³-hybridized carbons (Fsp3) is 0.417. The number of halogens is 6. The number of carbonyl (C=O) groups is 2. The van der Waals surface area contributed by atoms with Crippen molar-refractivity contribution in [1.82, 2.24) is 4.98 Å². The molecule has 1 aliphatic carbocycles. The number of nitrogens with zero attached hydrogens (tertiary/aromatic N) is 1. The van der Waals surface area contributed by atoms with E-state index in [0.717, 1.165) is 0 Å². The molecule has 0 aromatic carbocycles. The van der Waals surface area contributed by atoms with E-state index in [1.807, 2.05) is 0 Å². The van der Waals surface area contributed by atoms with Gasteiger partial charge in [0.05, 0.1) is 5.69 Å². The Bertz CT molecular complexity index is 664. The molecule has 132 valence electrons. The van der Waals surface area contributed by atoms with Crippen molar-refractivity contribution in [3.05, 3.63) is 22.5 Å². The molecule has 1 fully saturated rings. The van der Waals surface area contributed by atoms with Crippen LogP contribution in [0.1, 0.15) is 44.9 Å². The molecule has 0 saturated heterocycles. The predicted octanol–water partition coefficient (Wildman–Crippen LogP) is 3.63. The smallest absolute Gasteiger partial charge is 0.365 e. The van der Waals surface area contributed by atoms with E-state index >= 15 is 0 Å². The van der Waals surface area contributed by atoms with Crippen molar-refractivity contribution in [3.8, 4) is 0 Å². The summed E-state index contributed by atoms with van der Waals surface area (Å²) in [5.41, 5.74) is -6.98. The van der Waals surface area contributed by atoms with E-state index in [2.05, 4.69) is 10.3 Å². The lowest BCUT2D eigenvalue weighted by molar-refractivity contribution is 0.0601. The Morgan fingerprint density at radius 3 is 1.62 bits per heavy atom. The van der Waals surface area contributed by atoms with Gasteiger partial charge in [-0.05, 0) is 36.0 Å². The Labute approximate surface area is 141 Å². The SMILES string of the molecule is O=C(O)c1c(C(F)(F)Cl)nc(C(F)(F)Cl)c(C(=O)O)c1NC1CC1. The first-order valence-electron chi connectivity index (χ1n) is 6.29. The van der Waals surface area contributed by atoms with Crippen LogP contribution in [-0.4, -0.2) is 33.2 Å². The number of pyridine rings is 1. The molecule has 2 rings (SSSR count). The van der Waals surface area contributed by atoms with Crippen LogP contribution in [0.3, 0.4) is 0 Å². The van der Waals surface area contributed by atoms with Crippen molar-refractivity contribution < 1.29 is 37.4 Å². The first kappa shape index (κ1) is 18.5. The molecule has 0 spiro atoms. The quantitative estimate of drug-likeness (QED) is 0.506. The van der Waals surface area contributed by atoms with Crippen LogP contribution in [0, 0.1) is 0 Å². The van der Waals surface area contributed by atoms with E-state index in [9.17, 15) is 27.2 Å². The van der Waals surface area contributed by atoms with Crippen LogP contribution in [0.5, 0.6) is 0 Å². The molecule has 12 heteroatoms. The Balaban J connectivity index is 2.93. The normalized spacial score (nSPS) is 15.2. The van der Waals surface area contributed by atoms with Crippen LogP contribution in [0.25, 0.3) is 0 Å². The minimum atomic E-state index is -4.44. The fourth-order valence-corrected chi connectivity index (χ4v) is 2.26. The molecule has 0 unspecified atom stereocenters. The molecule has 24 heavy (non-hydrogen) atoms. The minimum absolute atomic E-state index is 0.447. The summed E-state index contributed by atoms with van der Waals surface area (Å²) in [6.07, 6.45) is 0.944. The third-order valence-electron chi connectivity index (χ3n) is 3.09. The van der Waals surface area contributed by atoms with Crippen molar-refractivity contribution >= 4 is 40.8 Å². The van der Waals surface area contributed by atoms with Gasteiger partial charge in [0.25, 0.3) is 0 Å². The van der Waals surface area contributed by atoms with E-state index in [4.69, 9.17) is 33.4 Å². The minimum Gasteiger partial charge on any atom is -0.478 e. The summed E-state index contributed by atoms with van der Waals surface area (Å²) in [4.78, 5) is 25.5. The second kappa shape index (κ2) is 5.92. The largest absolute Gasteiger partial charge is 0.478 e. The zero-order valence-corrected chi connectivity index (χ0v) is 12.9. The summed E-state index contributed by atoms with van der Waals surface area (Å²) in [7, 11) is 0. The van der Waals surface area contributed by atoms with Gasteiger partial charge in [-0.2, -0.15) is 17.6 Å². The van der Waals surface area contributed by atoms with E-state index in [1.54, 1.807) is 0 Å². The number of carboxylic acid groups (broad SMARTS) is 2. The molecule has 3 N–H and O–H groups in total. The average molecular weight is 391 g/mol. The summed E-state index contributed by atoms with van der Waals surface area (Å²) in [6.45, 7) is 0. The van der Waals surface area contributed by atoms with Gasteiger partial charge in [0.15, 0.2) is 0 Å². The third-order valence-corrected chi connectivity index (χ3v) is 3.45. The number of anilines is 1. The number of nitrogens with one attached hydrogen (secondary N) is 1. The number of aromatic carboxylic acids is 2. The van der Waals surface area contributed by atoms with E-state index in [0.29, 0.717) is 12.8 Å². The number of aromatic nitrogens is 1. The summed E-state index contributed by atoms with van der Waals surface area (Å²) in [5, 5.41) is 11.8.